The van der Waals surface area contributed by atoms with Crippen LogP contribution in [0.25, 0.3) is 11.0 Å². The van der Waals surface area contributed by atoms with Crippen LogP contribution >= 0.6 is 11.8 Å². The van der Waals surface area contributed by atoms with E-state index in [4.69, 9.17) is 9.26 Å². The first-order chi connectivity index (χ1) is 13.4. The molecule has 0 spiro atoms. The van der Waals surface area contributed by atoms with Gasteiger partial charge in [0.25, 0.3) is 5.24 Å². The lowest BCUT2D eigenvalue weighted by atomic mass is 10.1. The number of nitrogens with zero attached hydrogens (tertiary/aromatic N) is 3. The summed E-state index contributed by atoms with van der Waals surface area (Å²) in [6.07, 6.45) is 0.325. The first-order valence-electron chi connectivity index (χ1n) is 8.94. The van der Waals surface area contributed by atoms with Crippen LogP contribution in [0.5, 0.6) is 0 Å². The lowest BCUT2D eigenvalue weighted by molar-refractivity contribution is -0.00543. The maximum Gasteiger partial charge on any atom is 0.287 e. The molecule has 0 bridgehead atoms. The highest BCUT2D eigenvalue weighted by Crippen LogP contribution is 2.39. The Balaban J connectivity index is 1.79. The Bertz CT molecular complexity index is 927. The van der Waals surface area contributed by atoms with Crippen molar-refractivity contribution in [3.63, 3.8) is 0 Å². The Morgan fingerprint density at radius 2 is 2.04 bits per heavy atom. The van der Waals surface area contributed by atoms with Crippen molar-refractivity contribution in [1.82, 2.24) is 5.16 Å². The minimum Gasteiger partial charge on any atom is -0.372 e. The summed E-state index contributed by atoms with van der Waals surface area (Å²) in [6.45, 7) is 4.06. The number of carbonyl (C=O) groups is 2. The lowest BCUT2D eigenvalue weighted by Crippen LogP contribution is -2.46. The molecule has 4 rings (SSSR count). The van der Waals surface area contributed by atoms with Crippen molar-refractivity contribution in [2.45, 2.75) is 31.3 Å². The van der Waals surface area contributed by atoms with E-state index in [-0.39, 0.29) is 52.0 Å². The summed E-state index contributed by atoms with van der Waals surface area (Å²) < 4.78 is 39.2. The molecule has 3 atom stereocenters. The first kappa shape index (κ1) is 19.1. The predicted octanol–water partition coefficient (Wildman–Crippen LogP) is 3.40. The van der Waals surface area contributed by atoms with E-state index in [1.54, 1.807) is 4.90 Å². The number of ether oxygens (including phenoxy) is 1. The van der Waals surface area contributed by atoms with Crippen LogP contribution in [0.4, 0.5) is 25.1 Å². The van der Waals surface area contributed by atoms with Crippen LogP contribution in [0, 0.1) is 5.82 Å². The van der Waals surface area contributed by atoms with Gasteiger partial charge in [0, 0.05) is 25.2 Å². The van der Waals surface area contributed by atoms with Crippen LogP contribution in [0.15, 0.2) is 10.6 Å². The molecule has 2 saturated heterocycles. The molecule has 1 aromatic heterocycles. The fourth-order valence-electron chi connectivity index (χ4n) is 3.78. The van der Waals surface area contributed by atoms with Gasteiger partial charge in [0.2, 0.25) is 5.58 Å². The number of thioether (sulfide) groups is 1. The molecule has 0 saturated carbocycles. The molecule has 1 amide bonds. The standard InChI is InChI=1S/C18H19F2N3O4S/c1-9-5-22(6-10(2)26-9)15-11(8-24)3-13-16(14(15)20)27-21-17(13)23-7-12(4-19)28-18(23)25/h3,8-10,12H,4-7H2,1-2H3/t9-,10-,12+/m1/s1. The van der Waals surface area contributed by atoms with Crippen molar-refractivity contribution in [2.75, 3.05) is 36.1 Å². The molecule has 2 aliphatic heterocycles. The van der Waals surface area contributed by atoms with E-state index in [9.17, 15) is 14.0 Å². The number of benzene rings is 1. The largest absolute Gasteiger partial charge is 0.372 e. The Morgan fingerprint density at radius 3 is 2.64 bits per heavy atom. The summed E-state index contributed by atoms with van der Waals surface area (Å²) in [5.41, 5.74) is 0.136. The average molecular weight is 411 g/mol. The van der Waals surface area contributed by atoms with Crippen molar-refractivity contribution >= 4 is 45.8 Å². The lowest BCUT2D eigenvalue weighted by Gasteiger charge is -2.37. The minimum atomic E-state index is -0.707. The molecule has 1 aromatic carbocycles. The maximum absolute atomic E-state index is 15.4. The molecule has 0 aliphatic carbocycles. The third kappa shape index (κ3) is 3.14. The number of anilines is 2. The highest BCUT2D eigenvalue weighted by molar-refractivity contribution is 8.14. The van der Waals surface area contributed by atoms with Gasteiger partial charge in [-0.2, -0.15) is 0 Å². The molecule has 0 radical (unpaired) electrons. The normalized spacial score (nSPS) is 25.7. The molecule has 0 unspecified atom stereocenters. The van der Waals surface area contributed by atoms with E-state index >= 15 is 4.39 Å². The molecule has 7 nitrogen and oxygen atoms in total. The maximum atomic E-state index is 15.4. The second-order valence-electron chi connectivity index (χ2n) is 7.06. The zero-order valence-electron chi connectivity index (χ0n) is 15.4. The van der Waals surface area contributed by atoms with Gasteiger partial charge in [0.05, 0.1) is 28.5 Å². The van der Waals surface area contributed by atoms with E-state index in [2.05, 4.69) is 5.16 Å². The topological polar surface area (TPSA) is 75.9 Å². The summed E-state index contributed by atoms with van der Waals surface area (Å²) >= 11 is 0.866. The van der Waals surface area contributed by atoms with Crippen LogP contribution in [0.1, 0.15) is 24.2 Å². The van der Waals surface area contributed by atoms with Crippen molar-refractivity contribution in [2.24, 2.45) is 0 Å². The van der Waals surface area contributed by atoms with Gasteiger partial charge in [-0.3, -0.25) is 14.5 Å². The first-order valence-corrected chi connectivity index (χ1v) is 9.82. The Labute approximate surface area is 163 Å². The van der Waals surface area contributed by atoms with Gasteiger partial charge in [-0.1, -0.05) is 16.9 Å². The molecular weight excluding hydrogens is 392 g/mol. The third-order valence-electron chi connectivity index (χ3n) is 4.85. The second-order valence-corrected chi connectivity index (χ2v) is 8.31. The van der Waals surface area contributed by atoms with Gasteiger partial charge < -0.3 is 14.2 Å². The number of hydrogen-bond donors (Lipinski definition) is 0. The third-order valence-corrected chi connectivity index (χ3v) is 5.88. The number of fused-ring (bicyclic) bond motifs is 1. The zero-order chi connectivity index (χ0) is 20.0. The molecular formula is C18H19F2N3O4S. The van der Waals surface area contributed by atoms with Gasteiger partial charge in [-0.15, -0.1) is 0 Å². The number of rotatable bonds is 4. The predicted molar refractivity (Wildman–Crippen MR) is 102 cm³/mol. The van der Waals surface area contributed by atoms with Crippen LogP contribution < -0.4 is 9.80 Å². The number of amides is 1. The zero-order valence-corrected chi connectivity index (χ0v) is 16.2. The van der Waals surface area contributed by atoms with Gasteiger partial charge >= 0.3 is 0 Å². The van der Waals surface area contributed by atoms with E-state index in [0.29, 0.717) is 19.4 Å². The monoisotopic (exact) mass is 411 g/mol. The van der Waals surface area contributed by atoms with Crippen molar-refractivity contribution in [1.29, 1.82) is 0 Å². The smallest absolute Gasteiger partial charge is 0.287 e. The highest BCUT2D eigenvalue weighted by atomic mass is 32.2. The quantitative estimate of drug-likeness (QED) is 0.714. The van der Waals surface area contributed by atoms with E-state index < -0.39 is 17.7 Å². The molecule has 28 heavy (non-hydrogen) atoms. The number of carbonyl (C=O) groups excluding carboxylic acids is 2. The number of halogens is 2. The Kier molecular flexibility index (Phi) is 5.00. The average Bonchev–Trinajstić information content (AvgIpc) is 3.23. The Hall–Kier alpha value is -2.20. The van der Waals surface area contributed by atoms with Gasteiger partial charge in [0.15, 0.2) is 17.9 Å². The molecule has 10 heteroatoms. The molecule has 150 valence electrons. The van der Waals surface area contributed by atoms with E-state index in [1.807, 2.05) is 13.8 Å². The molecule has 2 fully saturated rings. The van der Waals surface area contributed by atoms with Crippen LogP contribution in [-0.4, -0.2) is 60.4 Å². The number of morpholine rings is 1. The summed E-state index contributed by atoms with van der Waals surface area (Å²) in [5, 5.41) is 3.17. The number of hydrogen-bond acceptors (Lipinski definition) is 7. The van der Waals surface area contributed by atoms with Crippen LogP contribution in [0.3, 0.4) is 0 Å². The summed E-state index contributed by atoms with van der Waals surface area (Å²) in [7, 11) is 0. The van der Waals surface area contributed by atoms with Crippen LogP contribution in [0.2, 0.25) is 0 Å². The van der Waals surface area contributed by atoms with Crippen molar-refractivity contribution in [3.8, 4) is 0 Å². The molecule has 3 heterocycles. The van der Waals surface area contributed by atoms with Crippen molar-refractivity contribution in [3.05, 3.63) is 17.4 Å². The molecule has 0 N–H and O–H groups in total. The van der Waals surface area contributed by atoms with Crippen molar-refractivity contribution < 1.29 is 27.6 Å². The van der Waals surface area contributed by atoms with Crippen LogP contribution in [-0.2, 0) is 4.74 Å². The fourth-order valence-corrected chi connectivity index (χ4v) is 4.64. The number of alkyl halides is 1. The number of aromatic nitrogens is 1. The summed E-state index contributed by atoms with van der Waals surface area (Å²) in [6, 6.07) is 1.47. The van der Waals surface area contributed by atoms with Gasteiger partial charge in [-0.05, 0) is 19.9 Å². The summed E-state index contributed by atoms with van der Waals surface area (Å²) in [4.78, 5) is 26.9. The minimum absolute atomic E-state index is 0.0979. The van der Waals surface area contributed by atoms with E-state index in [0.717, 1.165) is 11.8 Å². The van der Waals surface area contributed by atoms with Gasteiger partial charge in [-0.25, -0.2) is 8.78 Å². The molecule has 2 aliphatic rings. The fraction of sp³-hybridized carbons (Fsp3) is 0.500. The highest BCUT2D eigenvalue weighted by Gasteiger charge is 2.36. The SMILES string of the molecule is C[C@@H]1CN(c2c(C=O)cc3c(N4C[C@H](CF)SC4=O)noc3c2F)C[C@@H](C)O1. The second kappa shape index (κ2) is 7.32. The Morgan fingerprint density at radius 1 is 1.32 bits per heavy atom. The summed E-state index contributed by atoms with van der Waals surface area (Å²) in [5.74, 6) is -0.610. The van der Waals surface area contributed by atoms with Gasteiger partial charge in [0.1, 0.15) is 6.67 Å². The molecule has 2 aromatic rings. The number of aldehydes is 1. The van der Waals surface area contributed by atoms with E-state index in [1.165, 1.54) is 11.0 Å².